The number of hydrogen-bond donors (Lipinski definition) is 2. The van der Waals surface area contributed by atoms with Crippen molar-refractivity contribution in [2.45, 2.75) is 19.8 Å². The summed E-state index contributed by atoms with van der Waals surface area (Å²) >= 11 is 0. The van der Waals surface area contributed by atoms with Crippen LogP contribution in [0.2, 0.25) is 0 Å². The Kier molecular flexibility index (Phi) is 4.76. The van der Waals surface area contributed by atoms with Crippen LogP contribution in [0.1, 0.15) is 30.9 Å². The summed E-state index contributed by atoms with van der Waals surface area (Å²) in [5, 5.41) is 9.30. The lowest BCUT2D eigenvalue weighted by Gasteiger charge is -2.30. The van der Waals surface area contributed by atoms with Crippen LogP contribution in [0.4, 0.5) is 11.4 Å². The molecule has 5 nitrogen and oxygen atoms in total. The Morgan fingerprint density at radius 2 is 1.92 bits per heavy atom. The molecule has 0 fully saturated rings. The molecule has 0 atom stereocenters. The van der Waals surface area contributed by atoms with Crippen molar-refractivity contribution in [2.75, 3.05) is 23.8 Å². The smallest absolute Gasteiger partial charge is 0.294 e. The second kappa shape index (κ2) is 6.99. The Labute approximate surface area is 147 Å². The van der Waals surface area contributed by atoms with E-state index < -0.39 is 0 Å². The third-order valence-electron chi connectivity index (χ3n) is 4.17. The summed E-state index contributed by atoms with van der Waals surface area (Å²) in [6, 6.07) is 13.2. The normalized spacial score (nSPS) is 15.4. The fraction of sp³-hybridized carbons (Fsp3) is 0.250. The van der Waals surface area contributed by atoms with Crippen LogP contribution >= 0.6 is 0 Å². The van der Waals surface area contributed by atoms with Crippen molar-refractivity contribution in [3.05, 3.63) is 59.4 Å². The van der Waals surface area contributed by atoms with E-state index in [1.54, 1.807) is 24.3 Å². The molecular weight excluding hydrogens is 316 g/mol. The van der Waals surface area contributed by atoms with Gasteiger partial charge in [-0.2, -0.15) is 0 Å². The first kappa shape index (κ1) is 17.0. The number of ether oxygens (including phenoxy) is 1. The molecule has 0 saturated carbocycles. The zero-order valence-electron chi connectivity index (χ0n) is 14.4. The van der Waals surface area contributed by atoms with Gasteiger partial charge in [-0.15, -0.1) is 0 Å². The summed E-state index contributed by atoms with van der Waals surface area (Å²) in [5.41, 5.74) is 9.05. The molecule has 0 aliphatic carbocycles. The number of amides is 1. The first-order valence-electron chi connectivity index (χ1n) is 8.31. The molecule has 3 N–H and O–H groups in total. The highest BCUT2D eigenvalue weighted by Gasteiger charge is 2.30. The molecule has 1 aliphatic heterocycles. The van der Waals surface area contributed by atoms with Gasteiger partial charge in [0, 0.05) is 12.2 Å². The molecule has 5 heteroatoms. The van der Waals surface area contributed by atoms with E-state index in [1.807, 2.05) is 24.3 Å². The Hall–Kier alpha value is -2.79. The van der Waals surface area contributed by atoms with Gasteiger partial charge in [0.15, 0.2) is 11.5 Å². The molecule has 0 radical (unpaired) electrons. The molecule has 1 heterocycles. The maximum Gasteiger partial charge on any atom is 0.294 e. The van der Waals surface area contributed by atoms with E-state index in [0.717, 1.165) is 5.56 Å². The van der Waals surface area contributed by atoms with Gasteiger partial charge in [0.25, 0.3) is 5.91 Å². The van der Waals surface area contributed by atoms with Crippen LogP contribution in [0, 0.1) is 0 Å². The largest absolute Gasteiger partial charge is 0.449 e. The molecule has 2 aromatic carbocycles. The van der Waals surface area contributed by atoms with E-state index in [2.05, 4.69) is 13.8 Å². The SMILES string of the molecule is CC(C)c1ccc(/C=C2/Oc3ccc(N)cc3N(CCO)C2=O)cc1. The molecule has 3 rings (SSSR count). The maximum absolute atomic E-state index is 12.7. The van der Waals surface area contributed by atoms with Crippen LogP contribution in [-0.4, -0.2) is 24.2 Å². The van der Waals surface area contributed by atoms with Crippen molar-refractivity contribution in [1.29, 1.82) is 0 Å². The topological polar surface area (TPSA) is 75.8 Å². The quantitative estimate of drug-likeness (QED) is 0.663. The lowest BCUT2D eigenvalue weighted by Crippen LogP contribution is -2.39. The maximum atomic E-state index is 12.7. The molecule has 0 bridgehead atoms. The number of rotatable bonds is 4. The van der Waals surface area contributed by atoms with Gasteiger partial charge in [-0.1, -0.05) is 38.1 Å². The second-order valence-electron chi connectivity index (χ2n) is 6.34. The summed E-state index contributed by atoms with van der Waals surface area (Å²) in [4.78, 5) is 14.2. The van der Waals surface area contributed by atoms with Gasteiger partial charge in [0.2, 0.25) is 0 Å². The number of carbonyl (C=O) groups excluding carboxylic acids is 1. The van der Waals surface area contributed by atoms with Crippen molar-refractivity contribution in [1.82, 2.24) is 0 Å². The van der Waals surface area contributed by atoms with Gasteiger partial charge in [0.1, 0.15) is 0 Å². The Balaban J connectivity index is 1.97. The first-order chi connectivity index (χ1) is 12.0. The van der Waals surface area contributed by atoms with Crippen molar-refractivity contribution in [3.63, 3.8) is 0 Å². The number of anilines is 2. The van der Waals surface area contributed by atoms with Gasteiger partial charge in [-0.05, 0) is 41.3 Å². The number of nitrogen functional groups attached to an aromatic ring is 1. The number of nitrogens with zero attached hydrogens (tertiary/aromatic N) is 1. The molecule has 130 valence electrons. The van der Waals surface area contributed by atoms with Crippen molar-refractivity contribution >= 4 is 23.4 Å². The Morgan fingerprint density at radius 1 is 1.20 bits per heavy atom. The second-order valence-corrected chi connectivity index (χ2v) is 6.34. The van der Waals surface area contributed by atoms with Gasteiger partial charge in [-0.25, -0.2) is 0 Å². The third kappa shape index (κ3) is 3.51. The number of β-amino-alcohol motifs (C(OH)–C–C–N with tert-alkyl or cyclic N) is 1. The number of hydrogen-bond acceptors (Lipinski definition) is 4. The predicted molar refractivity (Wildman–Crippen MR) is 99.4 cm³/mol. The minimum Gasteiger partial charge on any atom is -0.449 e. The van der Waals surface area contributed by atoms with E-state index in [9.17, 15) is 9.90 Å². The fourth-order valence-corrected chi connectivity index (χ4v) is 2.78. The first-order valence-corrected chi connectivity index (χ1v) is 8.31. The summed E-state index contributed by atoms with van der Waals surface area (Å²) in [6.07, 6.45) is 1.72. The molecule has 25 heavy (non-hydrogen) atoms. The average Bonchev–Trinajstić information content (AvgIpc) is 2.59. The third-order valence-corrected chi connectivity index (χ3v) is 4.17. The monoisotopic (exact) mass is 338 g/mol. The molecule has 0 aromatic heterocycles. The van der Waals surface area contributed by atoms with Gasteiger partial charge >= 0.3 is 0 Å². The summed E-state index contributed by atoms with van der Waals surface area (Å²) in [7, 11) is 0. The molecule has 1 aliphatic rings. The number of nitrogens with two attached hydrogens (primary N) is 1. The number of benzene rings is 2. The van der Waals surface area contributed by atoms with Crippen LogP contribution in [0.5, 0.6) is 5.75 Å². The summed E-state index contributed by atoms with van der Waals surface area (Å²) < 4.78 is 5.79. The Morgan fingerprint density at radius 3 is 2.56 bits per heavy atom. The fourth-order valence-electron chi connectivity index (χ4n) is 2.78. The van der Waals surface area contributed by atoms with E-state index in [4.69, 9.17) is 10.5 Å². The Bertz CT molecular complexity index is 810. The van der Waals surface area contributed by atoms with Crippen LogP contribution in [0.25, 0.3) is 6.08 Å². The average molecular weight is 338 g/mol. The minimum absolute atomic E-state index is 0.143. The van der Waals surface area contributed by atoms with Crippen molar-refractivity contribution in [2.24, 2.45) is 0 Å². The molecule has 0 unspecified atom stereocenters. The summed E-state index contributed by atoms with van der Waals surface area (Å²) in [5.74, 6) is 0.932. The van der Waals surface area contributed by atoms with Crippen LogP contribution in [0.15, 0.2) is 48.2 Å². The zero-order chi connectivity index (χ0) is 18.0. The minimum atomic E-state index is -0.292. The lowest BCUT2D eigenvalue weighted by molar-refractivity contribution is -0.117. The van der Waals surface area contributed by atoms with Gasteiger partial charge in [0.05, 0.1) is 12.3 Å². The zero-order valence-corrected chi connectivity index (χ0v) is 14.4. The highest BCUT2D eigenvalue weighted by atomic mass is 16.5. The van der Waals surface area contributed by atoms with E-state index in [-0.39, 0.29) is 24.8 Å². The molecule has 2 aromatic rings. The van der Waals surface area contributed by atoms with E-state index in [0.29, 0.717) is 23.0 Å². The standard InChI is InChI=1S/C20H22N2O3/c1-13(2)15-5-3-14(4-6-15)11-19-20(24)22(9-10-23)17-12-16(21)7-8-18(17)25-19/h3-8,11-13,23H,9-10,21H2,1-2H3/b19-11+. The predicted octanol–water partition coefficient (Wildman–Crippen LogP) is 3.15. The van der Waals surface area contributed by atoms with E-state index >= 15 is 0 Å². The lowest BCUT2D eigenvalue weighted by atomic mass is 10.0. The highest BCUT2D eigenvalue weighted by Crippen LogP contribution is 2.37. The van der Waals surface area contributed by atoms with Crippen LogP contribution in [-0.2, 0) is 4.79 Å². The number of fused-ring (bicyclic) bond motifs is 1. The molecule has 0 saturated heterocycles. The van der Waals surface area contributed by atoms with Crippen LogP contribution in [0.3, 0.4) is 0 Å². The van der Waals surface area contributed by atoms with Gasteiger partial charge in [-0.3, -0.25) is 9.69 Å². The van der Waals surface area contributed by atoms with E-state index in [1.165, 1.54) is 10.5 Å². The van der Waals surface area contributed by atoms with Crippen molar-refractivity contribution in [3.8, 4) is 5.75 Å². The van der Waals surface area contributed by atoms with Crippen LogP contribution < -0.4 is 15.4 Å². The van der Waals surface area contributed by atoms with Crippen molar-refractivity contribution < 1.29 is 14.6 Å². The number of aliphatic hydroxyl groups excluding tert-OH is 1. The molecule has 0 spiro atoms. The molecular formula is C20H22N2O3. The highest BCUT2D eigenvalue weighted by molar-refractivity contribution is 6.10. The summed E-state index contributed by atoms with van der Waals surface area (Å²) in [6.45, 7) is 4.31. The number of carbonyl (C=O) groups is 1. The van der Waals surface area contributed by atoms with Gasteiger partial charge < -0.3 is 15.6 Å². The molecule has 1 amide bonds. The number of aliphatic hydroxyl groups is 1.